The van der Waals surface area contributed by atoms with Crippen LogP contribution in [0.1, 0.15) is 17.4 Å². The fourth-order valence-corrected chi connectivity index (χ4v) is 3.16. The van der Waals surface area contributed by atoms with Gasteiger partial charge in [-0.25, -0.2) is 4.98 Å². The first kappa shape index (κ1) is 15.0. The van der Waals surface area contributed by atoms with Crippen LogP contribution < -0.4 is 5.32 Å². The van der Waals surface area contributed by atoms with Gasteiger partial charge in [0, 0.05) is 17.2 Å². The molecule has 0 atom stereocenters. The first-order valence-corrected chi connectivity index (χ1v) is 7.94. The predicted octanol–water partition coefficient (Wildman–Crippen LogP) is 3.73. The van der Waals surface area contributed by atoms with Crippen molar-refractivity contribution in [1.29, 1.82) is 0 Å². The van der Waals surface area contributed by atoms with E-state index in [4.69, 9.17) is 11.6 Å². The Morgan fingerprint density at radius 2 is 2.15 bits per heavy atom. The highest BCUT2D eigenvalue weighted by molar-refractivity contribution is 8.00. The molecule has 20 heavy (non-hydrogen) atoms. The number of thiazole rings is 1. The van der Waals surface area contributed by atoms with Crippen molar-refractivity contribution in [2.45, 2.75) is 11.8 Å². The number of anilines is 1. The zero-order valence-corrected chi connectivity index (χ0v) is 12.9. The molecule has 1 amide bonds. The van der Waals surface area contributed by atoms with Crippen molar-refractivity contribution in [3.05, 3.63) is 40.4 Å². The molecule has 0 aliphatic heterocycles. The van der Waals surface area contributed by atoms with Gasteiger partial charge in [-0.3, -0.25) is 9.59 Å². The van der Waals surface area contributed by atoms with E-state index in [-0.39, 0.29) is 17.4 Å². The van der Waals surface area contributed by atoms with Gasteiger partial charge in [-0.2, -0.15) is 0 Å². The summed E-state index contributed by atoms with van der Waals surface area (Å²) in [6, 6.07) is 7.34. The number of ketones is 1. The number of thioether (sulfide) groups is 1. The topological polar surface area (TPSA) is 59.1 Å². The minimum Gasteiger partial charge on any atom is -0.301 e. The summed E-state index contributed by atoms with van der Waals surface area (Å²) >= 11 is 8.59. The van der Waals surface area contributed by atoms with Gasteiger partial charge in [0.1, 0.15) is 5.69 Å². The molecular weight excluding hydrogens is 316 g/mol. The van der Waals surface area contributed by atoms with Crippen molar-refractivity contribution in [3.8, 4) is 0 Å². The van der Waals surface area contributed by atoms with Crippen LogP contribution in [0.15, 0.2) is 34.5 Å². The molecule has 104 valence electrons. The molecule has 0 fully saturated rings. The van der Waals surface area contributed by atoms with E-state index in [9.17, 15) is 9.59 Å². The number of nitrogens with zero attached hydrogens (tertiary/aromatic N) is 1. The lowest BCUT2D eigenvalue weighted by Crippen LogP contribution is -2.14. The van der Waals surface area contributed by atoms with Gasteiger partial charge >= 0.3 is 0 Å². The fourth-order valence-electron chi connectivity index (χ4n) is 1.35. The molecule has 7 heteroatoms. The van der Waals surface area contributed by atoms with E-state index >= 15 is 0 Å². The Kier molecular flexibility index (Phi) is 5.17. The number of benzene rings is 1. The van der Waals surface area contributed by atoms with E-state index in [1.807, 2.05) is 18.2 Å². The quantitative estimate of drug-likeness (QED) is 0.672. The second-order valence-corrected chi connectivity index (χ2v) is 6.14. The fraction of sp³-hybridized carbons (Fsp3) is 0.154. The van der Waals surface area contributed by atoms with Crippen LogP contribution in [0.4, 0.5) is 5.13 Å². The first-order valence-electron chi connectivity index (χ1n) is 5.70. The van der Waals surface area contributed by atoms with Crippen molar-refractivity contribution < 1.29 is 9.59 Å². The first-order chi connectivity index (χ1) is 9.56. The van der Waals surface area contributed by atoms with Crippen LogP contribution in [0.5, 0.6) is 0 Å². The molecule has 0 aliphatic rings. The minimum absolute atomic E-state index is 0.118. The molecule has 0 bridgehead atoms. The van der Waals surface area contributed by atoms with Gasteiger partial charge in [-0.1, -0.05) is 23.7 Å². The lowest BCUT2D eigenvalue weighted by molar-refractivity contribution is -0.113. The second-order valence-electron chi connectivity index (χ2n) is 3.86. The summed E-state index contributed by atoms with van der Waals surface area (Å²) in [6.45, 7) is 1.44. The zero-order chi connectivity index (χ0) is 14.5. The zero-order valence-electron chi connectivity index (χ0n) is 10.6. The number of rotatable bonds is 5. The number of halogens is 1. The van der Waals surface area contributed by atoms with Crippen LogP contribution >= 0.6 is 34.7 Å². The number of hydrogen-bond acceptors (Lipinski definition) is 5. The highest BCUT2D eigenvalue weighted by atomic mass is 35.5. The molecule has 2 rings (SSSR count). The maximum atomic E-state index is 11.8. The van der Waals surface area contributed by atoms with Gasteiger partial charge in [-0.15, -0.1) is 23.1 Å². The van der Waals surface area contributed by atoms with Crippen LogP contribution in [0.3, 0.4) is 0 Å². The normalized spacial score (nSPS) is 10.3. The summed E-state index contributed by atoms with van der Waals surface area (Å²) < 4.78 is 0. The number of hydrogen-bond donors (Lipinski definition) is 1. The molecule has 0 unspecified atom stereocenters. The Morgan fingerprint density at radius 3 is 2.80 bits per heavy atom. The van der Waals surface area contributed by atoms with E-state index in [0.717, 1.165) is 4.90 Å². The number of carbonyl (C=O) groups excluding carboxylic acids is 2. The Labute approximate surface area is 129 Å². The monoisotopic (exact) mass is 326 g/mol. The van der Waals surface area contributed by atoms with E-state index < -0.39 is 0 Å². The SMILES string of the molecule is CC(=O)c1csc(NC(=O)CSc2ccccc2Cl)n1. The van der Waals surface area contributed by atoms with Crippen molar-refractivity contribution in [3.63, 3.8) is 0 Å². The maximum absolute atomic E-state index is 11.8. The van der Waals surface area contributed by atoms with Crippen LogP contribution in [0, 0.1) is 0 Å². The molecule has 0 spiro atoms. The van der Waals surface area contributed by atoms with E-state index in [2.05, 4.69) is 10.3 Å². The number of nitrogens with one attached hydrogen (secondary N) is 1. The third kappa shape index (κ3) is 4.06. The van der Waals surface area contributed by atoms with Gasteiger partial charge < -0.3 is 5.32 Å². The van der Waals surface area contributed by atoms with Crippen molar-refractivity contribution in [2.75, 3.05) is 11.1 Å². The molecule has 0 radical (unpaired) electrons. The molecule has 0 saturated carbocycles. The number of Topliss-reactive ketones (excluding diaryl/α,β-unsaturated/α-hetero) is 1. The van der Waals surface area contributed by atoms with Gasteiger partial charge in [0.25, 0.3) is 0 Å². The number of aromatic nitrogens is 1. The van der Waals surface area contributed by atoms with E-state index in [1.165, 1.54) is 30.0 Å². The van der Waals surface area contributed by atoms with Gasteiger partial charge in [0.05, 0.1) is 10.8 Å². The summed E-state index contributed by atoms with van der Waals surface area (Å²) in [6.07, 6.45) is 0. The molecule has 1 N–H and O–H groups in total. The van der Waals surface area contributed by atoms with Gasteiger partial charge in [0.2, 0.25) is 5.91 Å². The highest BCUT2D eigenvalue weighted by Gasteiger charge is 2.10. The molecule has 1 aromatic heterocycles. The molecule has 1 heterocycles. The summed E-state index contributed by atoms with van der Waals surface area (Å²) in [4.78, 5) is 27.8. The predicted molar refractivity (Wildman–Crippen MR) is 82.9 cm³/mol. The van der Waals surface area contributed by atoms with Crippen LogP contribution in [-0.4, -0.2) is 22.4 Å². The third-order valence-corrected chi connectivity index (χ3v) is 4.58. The Bertz CT molecular complexity index is 643. The average Bonchev–Trinajstić information content (AvgIpc) is 2.86. The summed E-state index contributed by atoms with van der Waals surface area (Å²) in [5, 5.41) is 5.34. The lowest BCUT2D eigenvalue weighted by atomic mass is 10.4. The molecule has 2 aromatic rings. The largest absolute Gasteiger partial charge is 0.301 e. The van der Waals surface area contributed by atoms with Gasteiger partial charge in [0.15, 0.2) is 10.9 Å². The Balaban J connectivity index is 1.89. The lowest BCUT2D eigenvalue weighted by Gasteiger charge is -2.03. The molecular formula is C13H11ClN2O2S2. The van der Waals surface area contributed by atoms with Crippen molar-refractivity contribution in [1.82, 2.24) is 4.98 Å². The van der Waals surface area contributed by atoms with Crippen molar-refractivity contribution >= 4 is 51.5 Å². The average molecular weight is 327 g/mol. The van der Waals surface area contributed by atoms with Crippen LogP contribution in [0.2, 0.25) is 5.02 Å². The van der Waals surface area contributed by atoms with E-state index in [0.29, 0.717) is 15.8 Å². The highest BCUT2D eigenvalue weighted by Crippen LogP contribution is 2.26. The Morgan fingerprint density at radius 1 is 1.40 bits per heavy atom. The maximum Gasteiger partial charge on any atom is 0.236 e. The smallest absolute Gasteiger partial charge is 0.236 e. The Hall–Kier alpha value is -1.37. The standard InChI is InChI=1S/C13H11ClN2O2S2/c1-8(17)10-6-20-13(15-10)16-12(18)7-19-11-5-3-2-4-9(11)14/h2-6H,7H2,1H3,(H,15,16,18). The third-order valence-electron chi connectivity index (χ3n) is 2.31. The molecule has 0 saturated heterocycles. The second kappa shape index (κ2) is 6.88. The molecule has 4 nitrogen and oxygen atoms in total. The van der Waals surface area contributed by atoms with Crippen molar-refractivity contribution in [2.24, 2.45) is 0 Å². The van der Waals surface area contributed by atoms with Gasteiger partial charge in [-0.05, 0) is 12.1 Å². The summed E-state index contributed by atoms with van der Waals surface area (Å²) in [7, 11) is 0. The number of amides is 1. The van der Waals surface area contributed by atoms with Crippen LogP contribution in [0.25, 0.3) is 0 Å². The summed E-state index contributed by atoms with van der Waals surface area (Å²) in [5.74, 6) is -0.0646. The minimum atomic E-state index is -0.181. The summed E-state index contributed by atoms with van der Waals surface area (Å²) in [5.41, 5.74) is 0.365. The molecule has 1 aromatic carbocycles. The number of carbonyl (C=O) groups is 2. The molecule has 0 aliphatic carbocycles. The van der Waals surface area contributed by atoms with E-state index in [1.54, 1.807) is 11.4 Å². The van der Waals surface area contributed by atoms with Crippen LogP contribution in [-0.2, 0) is 4.79 Å².